The monoisotopic (exact) mass is 608 g/mol. The van der Waals surface area contributed by atoms with Crippen molar-refractivity contribution in [2.75, 3.05) is 5.32 Å². The van der Waals surface area contributed by atoms with Crippen LogP contribution in [0, 0.1) is 0 Å². The number of aromatic nitrogens is 2. The molecule has 1 aliphatic rings. The Morgan fingerprint density at radius 3 is 2.02 bits per heavy atom. The molecule has 6 aromatic carbocycles. The number of nitrogens with zero attached hydrogens (tertiary/aromatic N) is 3. The Morgan fingerprint density at radius 1 is 0.565 bits per heavy atom. The molecule has 0 amide bonds. The molecule has 1 unspecified atom stereocenters. The lowest BCUT2D eigenvalue weighted by atomic mass is 9.98. The summed E-state index contributed by atoms with van der Waals surface area (Å²) in [6, 6.07) is 52.0. The van der Waals surface area contributed by atoms with Gasteiger partial charge in [0.05, 0.1) is 37.2 Å². The first-order chi connectivity index (χ1) is 22.7. The molecule has 5 heteroatoms. The molecule has 0 aliphatic carbocycles. The van der Waals surface area contributed by atoms with Crippen LogP contribution in [0.15, 0.2) is 151 Å². The van der Waals surface area contributed by atoms with E-state index in [1.807, 2.05) is 11.3 Å². The van der Waals surface area contributed by atoms with Gasteiger partial charge < -0.3 is 9.88 Å². The van der Waals surface area contributed by atoms with Crippen LogP contribution in [0.2, 0.25) is 0 Å². The second-order valence-electron chi connectivity index (χ2n) is 12.2. The van der Waals surface area contributed by atoms with Gasteiger partial charge in [0.2, 0.25) is 5.79 Å². The molecule has 10 rings (SSSR count). The molecular weight excluding hydrogens is 581 g/mol. The Hall–Kier alpha value is -5.65. The second kappa shape index (κ2) is 9.43. The van der Waals surface area contributed by atoms with Crippen molar-refractivity contribution in [2.24, 2.45) is 4.99 Å². The summed E-state index contributed by atoms with van der Waals surface area (Å²) in [7, 11) is 0. The zero-order valence-electron chi connectivity index (χ0n) is 25.1. The molecule has 1 aliphatic heterocycles. The predicted octanol–water partition coefficient (Wildman–Crippen LogP) is 10.7. The average Bonchev–Trinajstić information content (AvgIpc) is 3.76. The van der Waals surface area contributed by atoms with Gasteiger partial charge in [0.25, 0.3) is 0 Å². The Labute approximate surface area is 269 Å². The van der Waals surface area contributed by atoms with Crippen molar-refractivity contribution in [3.05, 3.63) is 157 Å². The van der Waals surface area contributed by atoms with Crippen molar-refractivity contribution in [3.8, 4) is 5.69 Å². The summed E-state index contributed by atoms with van der Waals surface area (Å²) >= 11 is 1.89. The summed E-state index contributed by atoms with van der Waals surface area (Å²) in [6.45, 7) is 2.21. The number of hydrogen-bond acceptors (Lipinski definition) is 3. The lowest BCUT2D eigenvalue weighted by molar-refractivity contribution is 0.414. The first-order valence-corrected chi connectivity index (χ1v) is 16.5. The Balaban J connectivity index is 1.35. The smallest absolute Gasteiger partial charge is 0.209 e. The fourth-order valence-corrected chi connectivity index (χ4v) is 8.91. The largest absolute Gasteiger partial charge is 0.344 e. The number of nitrogens with one attached hydrogen (secondary N) is 1. The summed E-state index contributed by atoms with van der Waals surface area (Å²) in [5.74, 6) is -0.791. The fourth-order valence-electron chi connectivity index (χ4n) is 7.55. The van der Waals surface area contributed by atoms with Crippen molar-refractivity contribution in [3.63, 3.8) is 0 Å². The molecule has 218 valence electrons. The Kier molecular flexibility index (Phi) is 5.26. The molecular formula is C41H28N4S. The van der Waals surface area contributed by atoms with Crippen molar-refractivity contribution < 1.29 is 0 Å². The third-order valence-corrected chi connectivity index (χ3v) is 10.7. The summed E-state index contributed by atoms with van der Waals surface area (Å²) in [4.78, 5) is 5.60. The summed E-state index contributed by atoms with van der Waals surface area (Å²) in [5.41, 5.74) is 10.3. The maximum Gasteiger partial charge on any atom is 0.209 e. The van der Waals surface area contributed by atoms with E-state index in [0.717, 1.165) is 28.0 Å². The van der Waals surface area contributed by atoms with E-state index in [9.17, 15) is 0 Å². The minimum atomic E-state index is -0.791. The number of thiophene rings is 1. The quantitative estimate of drug-likeness (QED) is 0.213. The summed E-state index contributed by atoms with van der Waals surface area (Å²) in [5, 5.41) is 8.89. The van der Waals surface area contributed by atoms with Gasteiger partial charge in [-0.15, -0.1) is 11.3 Å². The zero-order valence-corrected chi connectivity index (χ0v) is 25.9. The zero-order chi connectivity index (χ0) is 30.4. The molecule has 0 saturated heterocycles. The van der Waals surface area contributed by atoms with Crippen LogP contribution in [0.4, 0.5) is 5.69 Å². The number of para-hydroxylation sites is 4. The standard InChI is InChI=1S/C41H28N4S/c1-41(42-33-21-11-8-19-30(33)36(43-41)26-14-4-2-5-15-26)45-35-23-13-9-18-28(35)29-24-25-32-37-39(46-40(32)38(29)45)31-20-10-12-22-34(31)44(37)27-16-6-3-7-17-27/h2-25,42H,1H3. The number of aliphatic imine (C=N–C) groups is 1. The highest BCUT2D eigenvalue weighted by molar-refractivity contribution is 7.27. The first kappa shape index (κ1) is 25.7. The van der Waals surface area contributed by atoms with Gasteiger partial charge in [-0.25, -0.2) is 4.99 Å². The van der Waals surface area contributed by atoms with Crippen LogP contribution in [-0.4, -0.2) is 14.8 Å². The normalized spacial score (nSPS) is 16.3. The molecule has 4 heterocycles. The maximum absolute atomic E-state index is 5.60. The second-order valence-corrected chi connectivity index (χ2v) is 13.2. The van der Waals surface area contributed by atoms with Gasteiger partial charge in [-0.05, 0) is 37.3 Å². The number of anilines is 1. The number of benzene rings is 6. The van der Waals surface area contributed by atoms with Gasteiger partial charge in [-0.2, -0.15) is 0 Å². The molecule has 0 saturated carbocycles. The lowest BCUT2D eigenvalue weighted by Crippen LogP contribution is -2.41. The number of fused-ring (bicyclic) bond motifs is 10. The maximum atomic E-state index is 5.60. The molecule has 3 aromatic heterocycles. The van der Waals surface area contributed by atoms with Crippen LogP contribution in [0.5, 0.6) is 0 Å². The van der Waals surface area contributed by atoms with Crippen LogP contribution in [0.1, 0.15) is 18.1 Å². The Bertz CT molecular complexity index is 2680. The Morgan fingerprint density at radius 2 is 1.20 bits per heavy atom. The molecule has 0 fully saturated rings. The topological polar surface area (TPSA) is 34.2 Å². The molecule has 1 N–H and O–H groups in total. The number of rotatable bonds is 3. The van der Waals surface area contributed by atoms with Gasteiger partial charge in [0.15, 0.2) is 0 Å². The molecule has 0 bridgehead atoms. The molecule has 46 heavy (non-hydrogen) atoms. The van der Waals surface area contributed by atoms with E-state index in [0.29, 0.717) is 0 Å². The van der Waals surface area contributed by atoms with Crippen molar-refractivity contribution in [1.82, 2.24) is 9.13 Å². The third kappa shape index (κ3) is 3.46. The first-order valence-electron chi connectivity index (χ1n) is 15.7. The number of hydrogen-bond donors (Lipinski definition) is 1. The van der Waals surface area contributed by atoms with Gasteiger partial charge in [-0.3, -0.25) is 4.57 Å². The highest BCUT2D eigenvalue weighted by atomic mass is 32.1. The molecule has 4 nitrogen and oxygen atoms in total. The van der Waals surface area contributed by atoms with Crippen molar-refractivity contribution in [1.29, 1.82) is 0 Å². The highest BCUT2D eigenvalue weighted by Crippen LogP contribution is 2.48. The van der Waals surface area contributed by atoms with Crippen LogP contribution >= 0.6 is 11.3 Å². The fraction of sp³-hybridized carbons (Fsp3) is 0.0488. The highest BCUT2D eigenvalue weighted by Gasteiger charge is 2.36. The van der Waals surface area contributed by atoms with Gasteiger partial charge in [-0.1, -0.05) is 115 Å². The van der Waals surface area contributed by atoms with Gasteiger partial charge in [0, 0.05) is 44.0 Å². The van der Waals surface area contributed by atoms with Crippen molar-refractivity contribution in [2.45, 2.75) is 12.7 Å². The minimum Gasteiger partial charge on any atom is -0.344 e. The summed E-state index contributed by atoms with van der Waals surface area (Å²) < 4.78 is 7.46. The van der Waals surface area contributed by atoms with Gasteiger partial charge >= 0.3 is 0 Å². The average molecular weight is 609 g/mol. The van der Waals surface area contributed by atoms with Gasteiger partial charge in [0.1, 0.15) is 0 Å². The van der Waals surface area contributed by atoms with E-state index < -0.39 is 5.79 Å². The van der Waals surface area contributed by atoms with Crippen LogP contribution in [0.3, 0.4) is 0 Å². The predicted molar refractivity (Wildman–Crippen MR) is 195 cm³/mol. The van der Waals surface area contributed by atoms with E-state index in [4.69, 9.17) is 4.99 Å². The van der Waals surface area contributed by atoms with E-state index in [-0.39, 0.29) is 0 Å². The SMILES string of the molecule is CC1(n2c3ccccc3c3ccc4c(sc5c6ccccc6n(-c6ccccc6)c45)c32)N=C(c2ccccc2)c2ccccc2N1. The van der Waals surface area contributed by atoms with E-state index >= 15 is 0 Å². The third-order valence-electron chi connectivity index (χ3n) is 9.46. The van der Waals surface area contributed by atoms with Crippen LogP contribution in [-0.2, 0) is 5.79 Å². The van der Waals surface area contributed by atoms with E-state index in [1.54, 1.807) is 0 Å². The summed E-state index contributed by atoms with van der Waals surface area (Å²) in [6.07, 6.45) is 0. The minimum absolute atomic E-state index is 0.791. The van der Waals surface area contributed by atoms with Crippen molar-refractivity contribution >= 4 is 75.7 Å². The van der Waals surface area contributed by atoms with E-state index in [2.05, 4.69) is 167 Å². The molecule has 0 spiro atoms. The van der Waals surface area contributed by atoms with Crippen LogP contribution in [0.25, 0.3) is 58.7 Å². The molecule has 0 radical (unpaired) electrons. The molecule has 9 aromatic rings. The molecule has 1 atom stereocenters. The lowest BCUT2D eigenvalue weighted by Gasteiger charge is -2.36. The van der Waals surface area contributed by atoms with E-state index in [1.165, 1.54) is 53.2 Å². The van der Waals surface area contributed by atoms with Crippen LogP contribution < -0.4 is 5.32 Å².